The van der Waals surface area contributed by atoms with Gasteiger partial charge in [0, 0.05) is 6.07 Å². The van der Waals surface area contributed by atoms with Crippen molar-refractivity contribution < 1.29 is 18.0 Å². The number of rotatable bonds is 5. The molecular weight excluding hydrogens is 365 g/mol. The van der Waals surface area contributed by atoms with E-state index in [-0.39, 0.29) is 11.4 Å². The van der Waals surface area contributed by atoms with Crippen LogP contribution in [-0.4, -0.2) is 25.9 Å². The summed E-state index contributed by atoms with van der Waals surface area (Å²) in [6.45, 7) is 1.59. The molecule has 1 amide bonds. The van der Waals surface area contributed by atoms with E-state index in [4.69, 9.17) is 0 Å². The first-order valence-electron chi connectivity index (χ1n) is 7.53. The lowest BCUT2D eigenvalue weighted by Gasteiger charge is -2.13. The van der Waals surface area contributed by atoms with Gasteiger partial charge in [-0.05, 0) is 31.2 Å². The minimum Gasteiger partial charge on any atom is -0.323 e. The van der Waals surface area contributed by atoms with Crippen molar-refractivity contribution in [3.05, 3.63) is 66.2 Å². The monoisotopic (exact) mass is 378 g/mol. The summed E-state index contributed by atoms with van der Waals surface area (Å²) in [6, 6.07) is 8.96. The van der Waals surface area contributed by atoms with Gasteiger partial charge < -0.3 is 5.32 Å². The van der Waals surface area contributed by atoms with Crippen LogP contribution < -0.4 is 5.32 Å². The number of thioether (sulfide) groups is 1. The lowest BCUT2D eigenvalue weighted by molar-refractivity contribution is -0.115. The highest BCUT2D eigenvalue weighted by molar-refractivity contribution is 8.00. The molecule has 1 N–H and O–H groups in total. The van der Waals surface area contributed by atoms with Gasteiger partial charge in [-0.3, -0.25) is 9.36 Å². The van der Waals surface area contributed by atoms with Crippen molar-refractivity contribution in [3.63, 3.8) is 0 Å². The fraction of sp³-hybridized carbons (Fsp3) is 0.118. The summed E-state index contributed by atoms with van der Waals surface area (Å²) < 4.78 is 42.0. The number of amides is 1. The second-order valence-corrected chi connectivity index (χ2v) is 6.62. The topological polar surface area (TPSA) is 59.8 Å². The Kier molecular flexibility index (Phi) is 5.27. The molecule has 1 atom stereocenters. The quantitative estimate of drug-likeness (QED) is 0.686. The zero-order chi connectivity index (χ0) is 18.7. The number of nitrogens with zero attached hydrogens (tertiary/aromatic N) is 3. The molecule has 2 aromatic carbocycles. The third-order valence-corrected chi connectivity index (χ3v) is 4.53. The number of halogens is 3. The summed E-state index contributed by atoms with van der Waals surface area (Å²) >= 11 is 1.03. The van der Waals surface area contributed by atoms with Crippen LogP contribution in [0.15, 0.2) is 53.9 Å². The highest BCUT2D eigenvalue weighted by Crippen LogP contribution is 2.26. The van der Waals surface area contributed by atoms with Crippen LogP contribution in [0, 0.1) is 17.5 Å². The predicted molar refractivity (Wildman–Crippen MR) is 91.6 cm³/mol. The highest BCUT2D eigenvalue weighted by Gasteiger charge is 2.20. The van der Waals surface area contributed by atoms with E-state index in [9.17, 15) is 18.0 Å². The third kappa shape index (κ3) is 3.88. The molecule has 9 heteroatoms. The molecule has 26 heavy (non-hydrogen) atoms. The fourth-order valence-corrected chi connectivity index (χ4v) is 2.99. The summed E-state index contributed by atoms with van der Waals surface area (Å²) in [4.78, 5) is 12.3. The minimum atomic E-state index is -0.870. The number of para-hydroxylation sites is 1. The van der Waals surface area contributed by atoms with Gasteiger partial charge in [0.25, 0.3) is 0 Å². The van der Waals surface area contributed by atoms with Gasteiger partial charge in [-0.2, -0.15) is 0 Å². The molecule has 0 aliphatic rings. The van der Waals surface area contributed by atoms with Crippen LogP contribution in [-0.2, 0) is 4.79 Å². The lowest BCUT2D eigenvalue weighted by atomic mass is 10.3. The van der Waals surface area contributed by atoms with E-state index >= 15 is 0 Å². The Morgan fingerprint density at radius 1 is 1.15 bits per heavy atom. The van der Waals surface area contributed by atoms with Crippen LogP contribution in [0.1, 0.15) is 6.92 Å². The van der Waals surface area contributed by atoms with Crippen LogP contribution >= 0.6 is 11.8 Å². The van der Waals surface area contributed by atoms with Crippen molar-refractivity contribution in [2.75, 3.05) is 5.32 Å². The van der Waals surface area contributed by atoms with Gasteiger partial charge >= 0.3 is 0 Å². The highest BCUT2D eigenvalue weighted by atomic mass is 32.2. The van der Waals surface area contributed by atoms with Crippen molar-refractivity contribution >= 4 is 23.4 Å². The second-order valence-electron chi connectivity index (χ2n) is 5.31. The number of carbonyl (C=O) groups is 1. The Balaban J connectivity index is 1.74. The molecular formula is C17H13F3N4OS. The molecule has 0 bridgehead atoms. The number of benzene rings is 2. The average Bonchev–Trinajstić information content (AvgIpc) is 3.05. The molecule has 3 aromatic rings. The third-order valence-electron chi connectivity index (χ3n) is 3.47. The summed E-state index contributed by atoms with van der Waals surface area (Å²) in [6.07, 6.45) is 1.34. The van der Waals surface area contributed by atoms with Crippen LogP contribution in [0.5, 0.6) is 0 Å². The molecule has 0 aliphatic carbocycles. The van der Waals surface area contributed by atoms with Crippen LogP contribution in [0.4, 0.5) is 18.9 Å². The number of hydrogen-bond donors (Lipinski definition) is 1. The maximum absolute atomic E-state index is 14.0. The largest absolute Gasteiger partial charge is 0.323 e. The predicted octanol–water partition coefficient (Wildman–Crippen LogP) is 3.80. The Bertz CT molecular complexity index is 947. The van der Waals surface area contributed by atoms with E-state index in [2.05, 4.69) is 15.5 Å². The first kappa shape index (κ1) is 18.0. The maximum atomic E-state index is 14.0. The number of aromatic nitrogens is 3. The van der Waals surface area contributed by atoms with Crippen LogP contribution in [0.25, 0.3) is 5.69 Å². The van der Waals surface area contributed by atoms with E-state index in [1.807, 2.05) is 0 Å². The lowest BCUT2D eigenvalue weighted by Crippen LogP contribution is -2.23. The first-order chi connectivity index (χ1) is 12.5. The number of nitrogens with one attached hydrogen (secondary N) is 1. The van der Waals surface area contributed by atoms with Crippen molar-refractivity contribution in [3.8, 4) is 5.69 Å². The Morgan fingerprint density at radius 3 is 2.65 bits per heavy atom. The molecule has 0 aliphatic heterocycles. The molecule has 3 rings (SSSR count). The molecule has 0 spiro atoms. The Labute approximate surface area is 151 Å². The van der Waals surface area contributed by atoms with E-state index in [0.29, 0.717) is 11.2 Å². The number of hydrogen-bond acceptors (Lipinski definition) is 4. The number of anilines is 1. The van der Waals surface area contributed by atoms with Gasteiger partial charge in [0.05, 0.1) is 16.6 Å². The van der Waals surface area contributed by atoms with Crippen molar-refractivity contribution in [1.29, 1.82) is 0 Å². The zero-order valence-corrected chi connectivity index (χ0v) is 14.3. The molecule has 5 nitrogen and oxygen atoms in total. The average molecular weight is 378 g/mol. The zero-order valence-electron chi connectivity index (χ0n) is 13.5. The van der Waals surface area contributed by atoms with Gasteiger partial charge in [0.2, 0.25) is 5.91 Å². The molecule has 1 heterocycles. The fourth-order valence-electron chi connectivity index (χ4n) is 2.15. The standard InChI is InChI=1S/C17H13F3N4OS/c1-10(16(25)22-14-7-6-11(18)8-13(14)20)26-17-23-21-9-24(17)15-5-3-2-4-12(15)19/h2-10H,1H3,(H,22,25)/t10-/m1/s1. The molecule has 0 saturated heterocycles. The van der Waals surface area contributed by atoms with Gasteiger partial charge in [-0.25, -0.2) is 13.2 Å². The van der Waals surface area contributed by atoms with Crippen molar-refractivity contribution in [1.82, 2.24) is 14.8 Å². The van der Waals surface area contributed by atoms with Gasteiger partial charge in [0.1, 0.15) is 23.8 Å². The van der Waals surface area contributed by atoms with E-state index in [0.717, 1.165) is 23.9 Å². The van der Waals surface area contributed by atoms with Crippen LogP contribution in [0.2, 0.25) is 0 Å². The van der Waals surface area contributed by atoms with E-state index < -0.39 is 28.6 Å². The van der Waals surface area contributed by atoms with Crippen molar-refractivity contribution in [2.24, 2.45) is 0 Å². The number of carbonyl (C=O) groups excluding carboxylic acids is 1. The Hall–Kier alpha value is -2.81. The molecule has 0 unspecified atom stereocenters. The summed E-state index contributed by atoms with van der Waals surface area (Å²) in [5.74, 6) is -2.57. The molecule has 0 fully saturated rings. The summed E-state index contributed by atoms with van der Waals surface area (Å²) in [7, 11) is 0. The van der Waals surface area contributed by atoms with Gasteiger partial charge in [-0.1, -0.05) is 23.9 Å². The normalized spacial score (nSPS) is 12.0. The minimum absolute atomic E-state index is 0.126. The summed E-state index contributed by atoms with van der Waals surface area (Å²) in [5.41, 5.74) is 0.122. The Morgan fingerprint density at radius 2 is 1.92 bits per heavy atom. The maximum Gasteiger partial charge on any atom is 0.237 e. The summed E-state index contributed by atoms with van der Waals surface area (Å²) in [5, 5.41) is 9.65. The smallest absolute Gasteiger partial charge is 0.237 e. The molecule has 1 aromatic heterocycles. The SMILES string of the molecule is C[C@@H](Sc1nncn1-c1ccccc1F)C(=O)Nc1ccc(F)cc1F. The van der Waals surface area contributed by atoms with Gasteiger partial charge in [0.15, 0.2) is 5.16 Å². The molecule has 0 radical (unpaired) electrons. The van der Waals surface area contributed by atoms with E-state index in [1.54, 1.807) is 25.1 Å². The van der Waals surface area contributed by atoms with Crippen molar-refractivity contribution in [2.45, 2.75) is 17.3 Å². The molecule has 0 saturated carbocycles. The first-order valence-corrected chi connectivity index (χ1v) is 8.41. The molecule has 134 valence electrons. The van der Waals surface area contributed by atoms with E-state index in [1.165, 1.54) is 17.0 Å². The van der Waals surface area contributed by atoms with Gasteiger partial charge in [-0.15, -0.1) is 10.2 Å². The second kappa shape index (κ2) is 7.61. The van der Waals surface area contributed by atoms with Crippen LogP contribution in [0.3, 0.4) is 0 Å².